The number of anilines is 2. The van der Waals surface area contributed by atoms with Gasteiger partial charge < -0.3 is 14.7 Å². The standard InChI is InChI=1S/C23H22ClF3N6O2S/c24-18-10-15(32-9-8-31-6-1-2-16(31)13-32)3-4-19(18)36(34,35)17-5-7-33(14-17)22-11-20(23(25,26)27)29-21(12-28)30-22/h1,3-4,6,10-11,16-17H,2,5,7-9,13-14H2/t16-,17-/m0/s1. The molecule has 36 heavy (non-hydrogen) atoms. The van der Waals surface area contributed by atoms with Gasteiger partial charge in [0.05, 0.1) is 15.2 Å². The molecule has 0 radical (unpaired) electrons. The zero-order valence-corrected chi connectivity index (χ0v) is 20.6. The van der Waals surface area contributed by atoms with Gasteiger partial charge >= 0.3 is 6.18 Å². The van der Waals surface area contributed by atoms with E-state index in [0.29, 0.717) is 6.04 Å². The molecule has 0 bridgehead atoms. The molecule has 8 nitrogen and oxygen atoms in total. The second-order valence-corrected chi connectivity index (χ2v) is 11.6. The first-order valence-corrected chi connectivity index (χ1v) is 13.3. The summed E-state index contributed by atoms with van der Waals surface area (Å²) in [7, 11) is -3.87. The lowest BCUT2D eigenvalue weighted by atomic mass is 10.1. The van der Waals surface area contributed by atoms with Gasteiger partial charge in [-0.15, -0.1) is 0 Å². The van der Waals surface area contributed by atoms with Crippen LogP contribution in [0.5, 0.6) is 0 Å². The van der Waals surface area contributed by atoms with Gasteiger partial charge in [0.25, 0.3) is 0 Å². The molecule has 190 valence electrons. The van der Waals surface area contributed by atoms with E-state index in [2.05, 4.69) is 32.0 Å². The highest BCUT2D eigenvalue weighted by Crippen LogP contribution is 2.35. The number of aromatic nitrogens is 2. The molecule has 13 heteroatoms. The maximum Gasteiger partial charge on any atom is 0.433 e. The van der Waals surface area contributed by atoms with Crippen LogP contribution in [0, 0.1) is 11.3 Å². The van der Waals surface area contributed by atoms with Gasteiger partial charge in [0.15, 0.2) is 15.5 Å². The molecule has 2 fully saturated rings. The summed E-state index contributed by atoms with van der Waals surface area (Å²) in [4.78, 5) is 13.0. The number of hydrogen-bond acceptors (Lipinski definition) is 8. The number of alkyl halides is 3. The molecule has 1 aromatic heterocycles. The topological polar surface area (TPSA) is 93.4 Å². The second-order valence-electron chi connectivity index (χ2n) is 9.02. The van der Waals surface area contributed by atoms with Crippen LogP contribution in [0.15, 0.2) is 41.4 Å². The minimum Gasteiger partial charge on any atom is -0.371 e. The summed E-state index contributed by atoms with van der Waals surface area (Å²) in [6.07, 6.45) is 0.660. The Kier molecular flexibility index (Phi) is 6.24. The third-order valence-electron chi connectivity index (χ3n) is 6.83. The fourth-order valence-corrected chi connectivity index (χ4v) is 7.18. The molecule has 2 atom stereocenters. The number of halogens is 4. The number of rotatable bonds is 4. The number of fused-ring (bicyclic) bond motifs is 1. The second kappa shape index (κ2) is 9.12. The first-order valence-electron chi connectivity index (χ1n) is 11.4. The highest BCUT2D eigenvalue weighted by atomic mass is 35.5. The average molecular weight is 539 g/mol. The predicted molar refractivity (Wildman–Crippen MR) is 127 cm³/mol. The molecule has 5 rings (SSSR count). The van der Waals surface area contributed by atoms with Crippen LogP contribution in [-0.4, -0.2) is 67.3 Å². The highest BCUT2D eigenvalue weighted by molar-refractivity contribution is 7.92. The third kappa shape index (κ3) is 4.57. The van der Waals surface area contributed by atoms with Gasteiger partial charge in [-0.25, -0.2) is 18.4 Å². The van der Waals surface area contributed by atoms with Crippen molar-refractivity contribution in [2.75, 3.05) is 42.5 Å². The van der Waals surface area contributed by atoms with Crippen molar-refractivity contribution in [3.8, 4) is 6.07 Å². The van der Waals surface area contributed by atoms with E-state index in [-0.39, 0.29) is 35.2 Å². The molecule has 3 aliphatic heterocycles. The smallest absolute Gasteiger partial charge is 0.371 e. The fourth-order valence-electron chi connectivity index (χ4n) is 4.94. The van der Waals surface area contributed by atoms with Gasteiger partial charge in [-0.1, -0.05) is 17.7 Å². The summed E-state index contributed by atoms with van der Waals surface area (Å²) in [5.41, 5.74) is -0.397. The number of sulfone groups is 1. The van der Waals surface area contributed by atoms with E-state index in [4.69, 9.17) is 16.9 Å². The van der Waals surface area contributed by atoms with Crippen LogP contribution in [-0.2, 0) is 16.0 Å². The van der Waals surface area contributed by atoms with Crippen molar-refractivity contribution in [3.63, 3.8) is 0 Å². The Morgan fingerprint density at radius 1 is 1.08 bits per heavy atom. The summed E-state index contributed by atoms with van der Waals surface area (Å²) >= 11 is 6.46. The molecule has 1 aromatic carbocycles. The zero-order chi connectivity index (χ0) is 25.7. The Bertz CT molecular complexity index is 1360. The Hall–Kier alpha value is -3.04. The Balaban J connectivity index is 1.34. The molecule has 0 aliphatic carbocycles. The monoisotopic (exact) mass is 538 g/mol. The summed E-state index contributed by atoms with van der Waals surface area (Å²) in [5, 5.41) is 8.27. The van der Waals surface area contributed by atoms with Crippen molar-refractivity contribution in [3.05, 3.63) is 53.1 Å². The van der Waals surface area contributed by atoms with Gasteiger partial charge in [-0.05, 0) is 37.2 Å². The zero-order valence-electron chi connectivity index (χ0n) is 19.0. The van der Waals surface area contributed by atoms with Gasteiger partial charge in [0, 0.05) is 50.5 Å². The first-order chi connectivity index (χ1) is 17.1. The van der Waals surface area contributed by atoms with Crippen molar-refractivity contribution in [1.29, 1.82) is 5.26 Å². The molecule has 4 heterocycles. The summed E-state index contributed by atoms with van der Waals surface area (Å²) in [5.74, 6) is -0.757. The minimum atomic E-state index is -4.76. The molecule has 0 saturated carbocycles. The summed E-state index contributed by atoms with van der Waals surface area (Å²) in [6.45, 7) is 2.58. The van der Waals surface area contributed by atoms with E-state index in [1.807, 2.05) is 0 Å². The van der Waals surface area contributed by atoms with Crippen LogP contribution in [0.2, 0.25) is 5.02 Å². The van der Waals surface area contributed by atoms with Gasteiger partial charge in [-0.3, -0.25) is 0 Å². The number of nitriles is 1. The quantitative estimate of drug-likeness (QED) is 0.584. The number of benzene rings is 1. The van der Waals surface area contributed by atoms with Crippen molar-refractivity contribution in [1.82, 2.24) is 14.9 Å². The third-order valence-corrected chi connectivity index (χ3v) is 9.49. The SMILES string of the molecule is N#Cc1nc(N2CC[C@H](S(=O)(=O)c3ccc(N4CCN5C=CC[C@H]5C4)cc3Cl)C2)cc(C(F)(F)F)n1. The van der Waals surface area contributed by atoms with Crippen molar-refractivity contribution >= 4 is 32.9 Å². The lowest BCUT2D eigenvalue weighted by Gasteiger charge is -2.39. The molecular weight excluding hydrogens is 517 g/mol. The molecule has 0 unspecified atom stereocenters. The van der Waals surface area contributed by atoms with Crippen molar-refractivity contribution in [2.24, 2.45) is 0 Å². The van der Waals surface area contributed by atoms with E-state index in [1.54, 1.807) is 12.1 Å². The lowest BCUT2D eigenvalue weighted by molar-refractivity contribution is -0.141. The van der Waals surface area contributed by atoms with E-state index >= 15 is 0 Å². The van der Waals surface area contributed by atoms with Crippen LogP contribution in [0.25, 0.3) is 0 Å². The molecule has 0 amide bonds. The number of hydrogen-bond donors (Lipinski definition) is 0. The average Bonchev–Trinajstić information content (AvgIpc) is 3.53. The van der Waals surface area contributed by atoms with E-state index in [1.165, 1.54) is 17.0 Å². The molecule has 2 saturated heterocycles. The van der Waals surface area contributed by atoms with Gasteiger partial charge in [0.2, 0.25) is 5.82 Å². The van der Waals surface area contributed by atoms with Crippen LogP contribution >= 0.6 is 11.6 Å². The Morgan fingerprint density at radius 3 is 2.61 bits per heavy atom. The molecular formula is C23H22ClF3N6O2S. The van der Waals surface area contributed by atoms with Crippen LogP contribution in [0.1, 0.15) is 24.4 Å². The first kappa shape index (κ1) is 24.6. The van der Waals surface area contributed by atoms with E-state index in [9.17, 15) is 21.6 Å². The Morgan fingerprint density at radius 2 is 1.89 bits per heavy atom. The lowest BCUT2D eigenvalue weighted by Crippen LogP contribution is -2.49. The van der Waals surface area contributed by atoms with E-state index in [0.717, 1.165) is 37.8 Å². The van der Waals surface area contributed by atoms with Crippen LogP contribution in [0.4, 0.5) is 24.7 Å². The van der Waals surface area contributed by atoms with Crippen LogP contribution < -0.4 is 9.80 Å². The van der Waals surface area contributed by atoms with E-state index < -0.39 is 32.8 Å². The van der Waals surface area contributed by atoms with Crippen LogP contribution in [0.3, 0.4) is 0 Å². The summed E-state index contributed by atoms with van der Waals surface area (Å²) < 4.78 is 66.4. The fraction of sp³-hybridized carbons (Fsp3) is 0.435. The maximum absolute atomic E-state index is 13.4. The Labute approximate surface area is 211 Å². The molecule has 0 N–H and O–H groups in total. The number of piperazine rings is 1. The predicted octanol–water partition coefficient (Wildman–Crippen LogP) is 3.48. The largest absolute Gasteiger partial charge is 0.433 e. The normalized spacial score (nSPS) is 22.1. The minimum absolute atomic E-state index is 0.00248. The molecule has 0 spiro atoms. The number of nitrogens with zero attached hydrogens (tertiary/aromatic N) is 6. The summed E-state index contributed by atoms with van der Waals surface area (Å²) in [6, 6.07) is 7.58. The van der Waals surface area contributed by atoms with Crippen molar-refractivity contribution < 1.29 is 21.6 Å². The maximum atomic E-state index is 13.4. The van der Waals surface area contributed by atoms with Crippen molar-refractivity contribution in [2.45, 2.75) is 35.2 Å². The van der Waals surface area contributed by atoms with Gasteiger partial charge in [-0.2, -0.15) is 18.4 Å². The molecule has 3 aliphatic rings. The molecule has 2 aromatic rings. The highest BCUT2D eigenvalue weighted by Gasteiger charge is 2.38. The van der Waals surface area contributed by atoms with Gasteiger partial charge in [0.1, 0.15) is 11.9 Å².